The van der Waals surface area contributed by atoms with Gasteiger partial charge in [-0.25, -0.2) is 0 Å². The zero-order valence-electron chi connectivity index (χ0n) is 7.36. The molecular weight excluding hydrogens is 210 g/mol. The van der Waals surface area contributed by atoms with Crippen molar-refractivity contribution >= 4 is 17.3 Å². The number of halogens is 1. The van der Waals surface area contributed by atoms with Crippen LogP contribution in [0, 0.1) is 10.1 Å². The van der Waals surface area contributed by atoms with Crippen LogP contribution >= 0.6 is 11.6 Å². The van der Waals surface area contributed by atoms with Crippen molar-refractivity contribution in [2.75, 3.05) is 7.11 Å². The first-order valence-electron chi connectivity index (χ1n) is 3.71. The van der Waals surface area contributed by atoms with Gasteiger partial charge in [0.1, 0.15) is 0 Å². The lowest BCUT2D eigenvalue weighted by atomic mass is 10.2. The van der Waals surface area contributed by atoms with Gasteiger partial charge in [0.15, 0.2) is 0 Å². The fourth-order valence-corrected chi connectivity index (χ4v) is 1.38. The Morgan fingerprint density at radius 1 is 1.64 bits per heavy atom. The molecule has 6 heteroatoms. The van der Waals surface area contributed by atoms with Crippen LogP contribution in [-0.4, -0.2) is 17.1 Å². The zero-order chi connectivity index (χ0) is 10.7. The van der Waals surface area contributed by atoms with Gasteiger partial charge in [0.2, 0.25) is 5.75 Å². The first-order valence-corrected chi connectivity index (χ1v) is 4.09. The standard InChI is InChI=1S/C8H8ClNO4/c1-14-8-6(9)2-5(4-11)3-7(8)10(12)13/h2-3,11H,4H2,1H3. The second-order valence-electron chi connectivity index (χ2n) is 2.55. The fourth-order valence-electron chi connectivity index (χ4n) is 1.06. The summed E-state index contributed by atoms with van der Waals surface area (Å²) in [4.78, 5) is 9.98. The number of aliphatic hydroxyl groups excluding tert-OH is 1. The SMILES string of the molecule is COc1c(Cl)cc(CO)cc1[N+](=O)[O-]. The minimum absolute atomic E-state index is 0.00821. The van der Waals surface area contributed by atoms with Gasteiger partial charge in [0, 0.05) is 6.07 Å². The average molecular weight is 218 g/mol. The molecule has 0 saturated heterocycles. The van der Waals surface area contributed by atoms with E-state index in [4.69, 9.17) is 21.4 Å². The largest absolute Gasteiger partial charge is 0.489 e. The van der Waals surface area contributed by atoms with E-state index in [0.29, 0.717) is 5.56 Å². The van der Waals surface area contributed by atoms with Crippen LogP contribution in [0.15, 0.2) is 12.1 Å². The summed E-state index contributed by atoms with van der Waals surface area (Å²) in [5.74, 6) is 0.00821. The van der Waals surface area contributed by atoms with Crippen LogP contribution in [0.2, 0.25) is 5.02 Å². The van der Waals surface area contributed by atoms with Crippen LogP contribution in [0.3, 0.4) is 0 Å². The first-order chi connectivity index (χ1) is 6.60. The summed E-state index contributed by atoms with van der Waals surface area (Å²) in [7, 11) is 1.30. The molecule has 0 bridgehead atoms. The van der Waals surface area contributed by atoms with E-state index in [1.807, 2.05) is 0 Å². The van der Waals surface area contributed by atoms with Crippen molar-refractivity contribution in [3.8, 4) is 5.75 Å². The van der Waals surface area contributed by atoms with Crippen LogP contribution < -0.4 is 4.74 Å². The summed E-state index contributed by atoms with van der Waals surface area (Å²) in [6, 6.07) is 2.65. The van der Waals surface area contributed by atoms with Crippen LogP contribution in [0.25, 0.3) is 0 Å². The summed E-state index contributed by atoms with van der Waals surface area (Å²) in [5, 5.41) is 19.5. The highest BCUT2D eigenvalue weighted by molar-refractivity contribution is 6.32. The van der Waals surface area contributed by atoms with Gasteiger partial charge < -0.3 is 9.84 Å². The van der Waals surface area contributed by atoms with Crippen molar-refractivity contribution in [2.45, 2.75) is 6.61 Å². The molecule has 1 N–H and O–H groups in total. The minimum Gasteiger partial charge on any atom is -0.489 e. The van der Waals surface area contributed by atoms with E-state index in [0.717, 1.165) is 0 Å². The van der Waals surface area contributed by atoms with Gasteiger partial charge in [0.25, 0.3) is 0 Å². The number of hydrogen-bond donors (Lipinski definition) is 1. The topological polar surface area (TPSA) is 72.6 Å². The Hall–Kier alpha value is -1.33. The maximum atomic E-state index is 10.6. The second kappa shape index (κ2) is 4.26. The fraction of sp³-hybridized carbons (Fsp3) is 0.250. The number of benzene rings is 1. The molecule has 0 fully saturated rings. The molecule has 0 unspecified atom stereocenters. The maximum absolute atomic E-state index is 10.6. The maximum Gasteiger partial charge on any atom is 0.312 e. The van der Waals surface area contributed by atoms with Crippen molar-refractivity contribution in [3.63, 3.8) is 0 Å². The van der Waals surface area contributed by atoms with Crippen LogP contribution in [0.4, 0.5) is 5.69 Å². The Kier molecular flexibility index (Phi) is 3.27. The quantitative estimate of drug-likeness (QED) is 0.618. The molecule has 0 aliphatic heterocycles. The lowest BCUT2D eigenvalue weighted by Gasteiger charge is -2.05. The number of methoxy groups -OCH3 is 1. The smallest absolute Gasteiger partial charge is 0.312 e. The van der Waals surface area contributed by atoms with E-state index in [9.17, 15) is 10.1 Å². The van der Waals surface area contributed by atoms with Crippen LogP contribution in [-0.2, 0) is 6.61 Å². The van der Waals surface area contributed by atoms with E-state index < -0.39 is 4.92 Å². The molecule has 0 aliphatic rings. The predicted octanol–water partition coefficient (Wildman–Crippen LogP) is 1.75. The summed E-state index contributed by atoms with van der Waals surface area (Å²) in [5.41, 5.74) is 0.131. The first kappa shape index (κ1) is 10.7. The molecule has 0 amide bonds. The molecular formula is C8H8ClNO4. The summed E-state index contributed by atoms with van der Waals surface area (Å²) >= 11 is 5.72. The van der Waals surface area contributed by atoms with Gasteiger partial charge >= 0.3 is 5.69 Å². The summed E-state index contributed by atoms with van der Waals surface area (Å²) in [6.45, 7) is -0.301. The van der Waals surface area contributed by atoms with Crippen LogP contribution in [0.1, 0.15) is 5.56 Å². The molecule has 1 rings (SSSR count). The van der Waals surface area contributed by atoms with Gasteiger partial charge in [-0.3, -0.25) is 10.1 Å². The molecule has 0 atom stereocenters. The third-order valence-electron chi connectivity index (χ3n) is 1.67. The molecule has 1 aromatic carbocycles. The number of nitrogens with zero attached hydrogens (tertiary/aromatic N) is 1. The number of aliphatic hydroxyl groups is 1. The molecule has 0 saturated carbocycles. The average Bonchev–Trinajstić information content (AvgIpc) is 2.16. The number of nitro benzene ring substituents is 1. The van der Waals surface area contributed by atoms with Crippen molar-refractivity contribution < 1.29 is 14.8 Å². The van der Waals surface area contributed by atoms with Gasteiger partial charge in [-0.05, 0) is 11.6 Å². The summed E-state index contributed by atoms with van der Waals surface area (Å²) < 4.78 is 4.78. The third kappa shape index (κ3) is 1.94. The highest BCUT2D eigenvalue weighted by atomic mass is 35.5. The predicted molar refractivity (Wildman–Crippen MR) is 50.6 cm³/mol. The van der Waals surface area contributed by atoms with E-state index in [-0.39, 0.29) is 23.1 Å². The molecule has 0 aromatic heterocycles. The number of nitro groups is 1. The van der Waals surface area contributed by atoms with Gasteiger partial charge in [-0.15, -0.1) is 0 Å². The van der Waals surface area contributed by atoms with E-state index in [1.165, 1.54) is 19.2 Å². The van der Waals surface area contributed by atoms with Crippen molar-refractivity contribution in [2.24, 2.45) is 0 Å². The Balaban J connectivity index is 3.35. The Labute approximate surface area is 85.0 Å². The lowest BCUT2D eigenvalue weighted by Crippen LogP contribution is -1.96. The van der Waals surface area contributed by atoms with Gasteiger partial charge in [0.05, 0.1) is 23.7 Å². The number of ether oxygens (including phenoxy) is 1. The monoisotopic (exact) mass is 217 g/mol. The molecule has 0 radical (unpaired) electrons. The van der Waals surface area contributed by atoms with E-state index in [2.05, 4.69) is 0 Å². The van der Waals surface area contributed by atoms with E-state index in [1.54, 1.807) is 0 Å². The molecule has 5 nitrogen and oxygen atoms in total. The van der Waals surface area contributed by atoms with Gasteiger partial charge in [-0.2, -0.15) is 0 Å². The molecule has 1 aromatic rings. The second-order valence-corrected chi connectivity index (χ2v) is 2.95. The Bertz CT molecular complexity index is 367. The van der Waals surface area contributed by atoms with Crippen molar-refractivity contribution in [1.82, 2.24) is 0 Å². The van der Waals surface area contributed by atoms with Crippen molar-refractivity contribution in [1.29, 1.82) is 0 Å². The molecule has 0 aliphatic carbocycles. The van der Waals surface area contributed by atoms with Crippen molar-refractivity contribution in [3.05, 3.63) is 32.8 Å². The highest BCUT2D eigenvalue weighted by Gasteiger charge is 2.19. The number of hydrogen-bond acceptors (Lipinski definition) is 4. The van der Waals surface area contributed by atoms with Gasteiger partial charge in [-0.1, -0.05) is 11.6 Å². The molecule has 0 spiro atoms. The Morgan fingerprint density at radius 2 is 2.29 bits per heavy atom. The third-order valence-corrected chi connectivity index (χ3v) is 1.95. The molecule has 0 heterocycles. The van der Waals surface area contributed by atoms with Crippen LogP contribution in [0.5, 0.6) is 5.75 Å². The normalized spacial score (nSPS) is 9.93. The summed E-state index contributed by atoms with van der Waals surface area (Å²) in [6.07, 6.45) is 0. The number of rotatable bonds is 3. The minimum atomic E-state index is -0.607. The zero-order valence-corrected chi connectivity index (χ0v) is 8.11. The lowest BCUT2D eigenvalue weighted by molar-refractivity contribution is -0.385. The van der Waals surface area contributed by atoms with E-state index >= 15 is 0 Å². The molecule has 14 heavy (non-hydrogen) atoms. The molecule has 76 valence electrons. The highest BCUT2D eigenvalue weighted by Crippen LogP contribution is 2.35. The Morgan fingerprint density at radius 3 is 2.71 bits per heavy atom.